The second-order valence-electron chi connectivity index (χ2n) is 5.13. The molecule has 126 valence electrons. The van der Waals surface area contributed by atoms with Gasteiger partial charge in [-0.1, -0.05) is 0 Å². The van der Waals surface area contributed by atoms with Gasteiger partial charge in [-0.05, 0) is 42.0 Å². The molecule has 25 heavy (non-hydrogen) atoms. The highest BCUT2D eigenvalue weighted by molar-refractivity contribution is 5.83. The molecule has 0 aliphatic heterocycles. The summed E-state index contributed by atoms with van der Waals surface area (Å²) in [4.78, 5) is 34.7. The van der Waals surface area contributed by atoms with Gasteiger partial charge in [-0.15, -0.1) is 0 Å². The number of aromatic nitrogens is 3. The standard InChI is InChI=1S/C17H15N5O3/c1-25-12-6-4-11(5-7-12)10-19-22-15(23)9-14-17(24)21-13-3-2-8-18-16(13)20-14/h2-8,10H,9H2,1H3,(H,21,24)(H,22,23)/b19-10+. The van der Waals surface area contributed by atoms with E-state index in [0.717, 1.165) is 11.3 Å². The molecule has 0 saturated heterocycles. The number of hydrazone groups is 1. The van der Waals surface area contributed by atoms with Crippen molar-refractivity contribution in [2.24, 2.45) is 5.10 Å². The Morgan fingerprint density at radius 2 is 2.12 bits per heavy atom. The molecule has 0 radical (unpaired) electrons. The van der Waals surface area contributed by atoms with Gasteiger partial charge in [0, 0.05) is 6.20 Å². The van der Waals surface area contributed by atoms with Gasteiger partial charge in [0.25, 0.3) is 5.56 Å². The summed E-state index contributed by atoms with van der Waals surface area (Å²) in [5.74, 6) is 0.287. The number of methoxy groups -OCH3 is 1. The Bertz CT molecular complexity index is 979. The Morgan fingerprint density at radius 3 is 2.88 bits per heavy atom. The van der Waals surface area contributed by atoms with Crippen LogP contribution in [0.15, 0.2) is 52.5 Å². The van der Waals surface area contributed by atoms with Gasteiger partial charge in [0.2, 0.25) is 5.91 Å². The number of nitrogens with one attached hydrogen (secondary N) is 2. The summed E-state index contributed by atoms with van der Waals surface area (Å²) in [6.45, 7) is 0. The molecule has 3 rings (SSSR count). The zero-order chi connectivity index (χ0) is 17.6. The molecule has 0 spiro atoms. The predicted molar refractivity (Wildman–Crippen MR) is 92.6 cm³/mol. The molecule has 2 heterocycles. The van der Waals surface area contributed by atoms with Crippen LogP contribution < -0.4 is 15.7 Å². The SMILES string of the molecule is COc1ccc(/C=N/NC(=O)Cc2nc3ncccc3[nH]c2=O)cc1. The molecule has 2 aromatic heterocycles. The number of hydrogen-bond donors (Lipinski definition) is 2. The molecule has 8 nitrogen and oxygen atoms in total. The van der Waals surface area contributed by atoms with Crippen LogP contribution in [-0.2, 0) is 11.2 Å². The lowest BCUT2D eigenvalue weighted by Gasteiger charge is -2.01. The first kappa shape index (κ1) is 16.3. The van der Waals surface area contributed by atoms with E-state index in [1.807, 2.05) is 0 Å². The molecular formula is C17H15N5O3. The molecule has 2 N–H and O–H groups in total. The Morgan fingerprint density at radius 1 is 1.32 bits per heavy atom. The smallest absolute Gasteiger partial charge is 0.270 e. The molecule has 1 aromatic carbocycles. The third-order valence-electron chi connectivity index (χ3n) is 3.38. The maximum Gasteiger partial charge on any atom is 0.270 e. The zero-order valence-corrected chi connectivity index (χ0v) is 13.4. The van der Waals surface area contributed by atoms with Crippen LogP contribution in [0.5, 0.6) is 5.75 Å². The molecule has 0 fully saturated rings. The minimum Gasteiger partial charge on any atom is -0.497 e. The van der Waals surface area contributed by atoms with E-state index in [0.29, 0.717) is 11.2 Å². The summed E-state index contributed by atoms with van der Waals surface area (Å²) in [7, 11) is 1.58. The number of H-pyrrole nitrogens is 1. The van der Waals surface area contributed by atoms with Crippen molar-refractivity contribution in [2.75, 3.05) is 7.11 Å². The molecule has 0 saturated carbocycles. The molecule has 0 aliphatic rings. The summed E-state index contributed by atoms with van der Waals surface area (Å²) in [6, 6.07) is 10.6. The summed E-state index contributed by atoms with van der Waals surface area (Å²) < 4.78 is 5.06. The van der Waals surface area contributed by atoms with Crippen molar-refractivity contribution in [3.05, 3.63) is 64.2 Å². The van der Waals surface area contributed by atoms with Crippen LogP contribution in [0.4, 0.5) is 0 Å². The first-order chi connectivity index (χ1) is 12.2. The minimum atomic E-state index is -0.446. The summed E-state index contributed by atoms with van der Waals surface area (Å²) in [5, 5.41) is 3.86. The van der Waals surface area contributed by atoms with Crippen molar-refractivity contribution in [3.8, 4) is 5.75 Å². The lowest BCUT2D eigenvalue weighted by atomic mass is 10.2. The van der Waals surface area contributed by atoms with E-state index >= 15 is 0 Å². The van der Waals surface area contributed by atoms with Crippen LogP contribution in [0.25, 0.3) is 11.2 Å². The quantitative estimate of drug-likeness (QED) is 0.533. The number of nitrogens with zero attached hydrogens (tertiary/aromatic N) is 3. The minimum absolute atomic E-state index is 0.0864. The van der Waals surface area contributed by atoms with Crippen LogP contribution >= 0.6 is 0 Å². The van der Waals surface area contributed by atoms with E-state index in [1.165, 1.54) is 6.21 Å². The third-order valence-corrected chi connectivity index (χ3v) is 3.38. The first-order valence-corrected chi connectivity index (χ1v) is 7.45. The summed E-state index contributed by atoms with van der Waals surface area (Å²) in [6.07, 6.45) is 2.87. The highest BCUT2D eigenvalue weighted by Gasteiger charge is 2.10. The van der Waals surface area contributed by atoms with E-state index in [-0.39, 0.29) is 12.1 Å². The number of hydrogen-bond acceptors (Lipinski definition) is 6. The molecule has 0 atom stereocenters. The molecule has 3 aromatic rings. The van der Waals surface area contributed by atoms with Crippen LogP contribution in [0.1, 0.15) is 11.3 Å². The van der Waals surface area contributed by atoms with Crippen molar-refractivity contribution in [2.45, 2.75) is 6.42 Å². The second-order valence-corrected chi connectivity index (χ2v) is 5.13. The molecule has 0 aliphatic carbocycles. The fraction of sp³-hybridized carbons (Fsp3) is 0.118. The maximum absolute atomic E-state index is 11.9. The Labute approximate surface area is 142 Å². The van der Waals surface area contributed by atoms with Gasteiger partial charge < -0.3 is 9.72 Å². The number of benzene rings is 1. The molecule has 0 bridgehead atoms. The van der Waals surface area contributed by atoms with Gasteiger partial charge in [0.1, 0.15) is 11.4 Å². The van der Waals surface area contributed by atoms with E-state index in [2.05, 4.69) is 25.5 Å². The average Bonchev–Trinajstić information content (AvgIpc) is 2.63. The normalized spacial score (nSPS) is 10.9. The van der Waals surface area contributed by atoms with Crippen LogP contribution in [0, 0.1) is 0 Å². The zero-order valence-electron chi connectivity index (χ0n) is 13.4. The Kier molecular flexibility index (Phi) is 4.79. The summed E-state index contributed by atoms with van der Waals surface area (Å²) >= 11 is 0. The van der Waals surface area contributed by atoms with Gasteiger partial charge in [0.05, 0.1) is 25.3 Å². The number of ether oxygens (including phenoxy) is 1. The Hall–Kier alpha value is -3.55. The van der Waals surface area contributed by atoms with Crippen LogP contribution in [-0.4, -0.2) is 34.2 Å². The van der Waals surface area contributed by atoms with Crippen LogP contribution in [0.3, 0.4) is 0 Å². The van der Waals surface area contributed by atoms with Crippen molar-refractivity contribution in [3.63, 3.8) is 0 Å². The number of rotatable bonds is 5. The van der Waals surface area contributed by atoms with Gasteiger partial charge >= 0.3 is 0 Å². The van der Waals surface area contributed by atoms with E-state index < -0.39 is 11.5 Å². The number of aromatic amines is 1. The lowest BCUT2D eigenvalue weighted by Crippen LogP contribution is -2.25. The van der Waals surface area contributed by atoms with Crippen molar-refractivity contribution < 1.29 is 9.53 Å². The molecule has 8 heteroatoms. The topological polar surface area (TPSA) is 109 Å². The molecular weight excluding hydrogens is 322 g/mol. The predicted octanol–water partition coefficient (Wildman–Crippen LogP) is 1.02. The monoisotopic (exact) mass is 337 g/mol. The van der Waals surface area contributed by atoms with Crippen molar-refractivity contribution in [1.82, 2.24) is 20.4 Å². The Balaban J connectivity index is 1.65. The van der Waals surface area contributed by atoms with Gasteiger partial charge in [-0.2, -0.15) is 5.10 Å². The number of pyridine rings is 1. The highest BCUT2D eigenvalue weighted by Crippen LogP contribution is 2.09. The highest BCUT2D eigenvalue weighted by atomic mass is 16.5. The fourth-order valence-electron chi connectivity index (χ4n) is 2.14. The molecule has 1 amide bonds. The fourth-order valence-corrected chi connectivity index (χ4v) is 2.14. The van der Waals surface area contributed by atoms with Crippen molar-refractivity contribution >= 4 is 23.3 Å². The average molecular weight is 337 g/mol. The van der Waals surface area contributed by atoms with Crippen LogP contribution in [0.2, 0.25) is 0 Å². The summed E-state index contributed by atoms with van der Waals surface area (Å²) in [5.41, 5.74) is 3.74. The van der Waals surface area contributed by atoms with E-state index in [1.54, 1.807) is 49.7 Å². The number of carbonyl (C=O) groups excluding carboxylic acids is 1. The second kappa shape index (κ2) is 7.35. The van der Waals surface area contributed by atoms with E-state index in [9.17, 15) is 9.59 Å². The first-order valence-electron chi connectivity index (χ1n) is 7.45. The number of amides is 1. The van der Waals surface area contributed by atoms with Gasteiger partial charge in [0.15, 0.2) is 5.65 Å². The van der Waals surface area contributed by atoms with Crippen molar-refractivity contribution in [1.29, 1.82) is 0 Å². The van der Waals surface area contributed by atoms with Gasteiger partial charge in [-0.25, -0.2) is 15.4 Å². The molecule has 0 unspecified atom stereocenters. The number of carbonyl (C=O) groups is 1. The largest absolute Gasteiger partial charge is 0.497 e. The number of fused-ring (bicyclic) bond motifs is 1. The lowest BCUT2D eigenvalue weighted by molar-refractivity contribution is -0.120. The third kappa shape index (κ3) is 4.05. The maximum atomic E-state index is 11.9. The van der Waals surface area contributed by atoms with Gasteiger partial charge in [-0.3, -0.25) is 9.59 Å². The van der Waals surface area contributed by atoms with E-state index in [4.69, 9.17) is 4.74 Å².